The van der Waals surface area contributed by atoms with E-state index < -0.39 is 5.91 Å². The molecule has 0 saturated heterocycles. The molecule has 2 rings (SSSR count). The maximum Gasteiger partial charge on any atom is 0.265 e. The molecule has 0 radical (unpaired) electrons. The Morgan fingerprint density at radius 1 is 1.47 bits per heavy atom. The normalized spacial score (nSPS) is 10.6. The SMILES string of the molecule is C=CCNCc1ccc2[nH]c(C(N)=O)cc2c1. The van der Waals surface area contributed by atoms with Gasteiger partial charge in [0.15, 0.2) is 0 Å². The van der Waals surface area contributed by atoms with Crippen molar-refractivity contribution in [3.63, 3.8) is 0 Å². The highest BCUT2D eigenvalue weighted by molar-refractivity contribution is 5.97. The summed E-state index contributed by atoms with van der Waals surface area (Å²) < 4.78 is 0. The second-order valence-electron chi connectivity index (χ2n) is 3.89. The summed E-state index contributed by atoms with van der Waals surface area (Å²) >= 11 is 0. The first kappa shape index (κ1) is 11.4. The molecule has 0 atom stereocenters. The van der Waals surface area contributed by atoms with Crippen LogP contribution in [0.2, 0.25) is 0 Å². The first-order valence-electron chi connectivity index (χ1n) is 5.44. The molecular weight excluding hydrogens is 214 g/mol. The van der Waals surface area contributed by atoms with Crippen molar-refractivity contribution < 1.29 is 4.79 Å². The van der Waals surface area contributed by atoms with Crippen LogP contribution in [0.3, 0.4) is 0 Å². The van der Waals surface area contributed by atoms with Crippen molar-refractivity contribution in [1.82, 2.24) is 10.3 Å². The quantitative estimate of drug-likeness (QED) is 0.537. The molecule has 0 aliphatic heterocycles. The molecule has 88 valence electrons. The summed E-state index contributed by atoms with van der Waals surface area (Å²) in [5.41, 5.74) is 7.75. The standard InChI is InChI=1S/C13H15N3O/c1-2-5-15-8-9-3-4-11-10(6-9)7-12(16-11)13(14)17/h2-4,6-7,15-16H,1,5,8H2,(H2,14,17). The average Bonchev–Trinajstić information content (AvgIpc) is 2.72. The van der Waals surface area contributed by atoms with Gasteiger partial charge in [-0.3, -0.25) is 4.79 Å². The third-order valence-electron chi connectivity index (χ3n) is 2.57. The maximum absolute atomic E-state index is 11.0. The van der Waals surface area contributed by atoms with Crippen molar-refractivity contribution in [2.24, 2.45) is 5.73 Å². The van der Waals surface area contributed by atoms with Gasteiger partial charge in [-0.15, -0.1) is 6.58 Å². The molecule has 0 saturated carbocycles. The number of aromatic nitrogens is 1. The van der Waals surface area contributed by atoms with Gasteiger partial charge in [0.1, 0.15) is 5.69 Å². The smallest absolute Gasteiger partial charge is 0.265 e. The lowest BCUT2D eigenvalue weighted by Gasteiger charge is -2.01. The number of hydrogen-bond acceptors (Lipinski definition) is 2. The van der Waals surface area contributed by atoms with E-state index in [0.29, 0.717) is 5.69 Å². The summed E-state index contributed by atoms with van der Waals surface area (Å²) in [6, 6.07) is 7.77. The fraction of sp³-hybridized carbons (Fsp3) is 0.154. The third-order valence-corrected chi connectivity index (χ3v) is 2.57. The number of benzene rings is 1. The Morgan fingerprint density at radius 2 is 2.29 bits per heavy atom. The Balaban J connectivity index is 2.24. The Kier molecular flexibility index (Phi) is 3.25. The van der Waals surface area contributed by atoms with Crippen molar-refractivity contribution in [3.8, 4) is 0 Å². The summed E-state index contributed by atoms with van der Waals surface area (Å²) in [6.45, 7) is 5.20. The Labute approximate surface area is 99.5 Å². The topological polar surface area (TPSA) is 70.9 Å². The minimum atomic E-state index is -0.437. The molecule has 0 spiro atoms. The van der Waals surface area contributed by atoms with Gasteiger partial charge in [-0.05, 0) is 23.8 Å². The predicted octanol–water partition coefficient (Wildman–Crippen LogP) is 1.54. The fourth-order valence-electron chi connectivity index (χ4n) is 1.74. The number of carbonyl (C=O) groups is 1. The van der Waals surface area contributed by atoms with Gasteiger partial charge in [0, 0.05) is 24.0 Å². The van der Waals surface area contributed by atoms with Crippen LogP contribution in [0.15, 0.2) is 36.9 Å². The number of rotatable bonds is 5. The number of aromatic amines is 1. The van der Waals surface area contributed by atoms with Gasteiger partial charge in [-0.2, -0.15) is 0 Å². The first-order valence-corrected chi connectivity index (χ1v) is 5.44. The monoisotopic (exact) mass is 229 g/mol. The van der Waals surface area contributed by atoms with Gasteiger partial charge in [-0.1, -0.05) is 12.1 Å². The van der Waals surface area contributed by atoms with Gasteiger partial charge >= 0.3 is 0 Å². The number of hydrogen-bond donors (Lipinski definition) is 3. The van der Waals surface area contributed by atoms with E-state index in [1.165, 1.54) is 0 Å². The predicted molar refractivity (Wildman–Crippen MR) is 68.7 cm³/mol. The number of amides is 1. The highest BCUT2D eigenvalue weighted by Gasteiger charge is 2.05. The van der Waals surface area contributed by atoms with Gasteiger partial charge in [0.05, 0.1) is 0 Å². The van der Waals surface area contributed by atoms with Crippen molar-refractivity contribution in [2.75, 3.05) is 6.54 Å². The zero-order valence-corrected chi connectivity index (χ0v) is 9.49. The summed E-state index contributed by atoms with van der Waals surface area (Å²) in [4.78, 5) is 14.0. The van der Waals surface area contributed by atoms with E-state index in [1.54, 1.807) is 6.07 Å². The molecule has 4 heteroatoms. The third kappa shape index (κ3) is 2.54. The Hall–Kier alpha value is -2.07. The Bertz CT molecular complexity index is 557. The fourth-order valence-corrected chi connectivity index (χ4v) is 1.74. The van der Waals surface area contributed by atoms with Gasteiger partial charge in [0.2, 0.25) is 0 Å². The minimum absolute atomic E-state index is 0.437. The van der Waals surface area contributed by atoms with E-state index in [-0.39, 0.29) is 0 Å². The molecule has 0 aliphatic rings. The first-order chi connectivity index (χ1) is 8.20. The molecule has 2 aromatic rings. The molecule has 4 nitrogen and oxygen atoms in total. The highest BCUT2D eigenvalue weighted by Crippen LogP contribution is 2.17. The van der Waals surface area contributed by atoms with Gasteiger partial charge < -0.3 is 16.0 Å². The molecule has 0 fully saturated rings. The van der Waals surface area contributed by atoms with Crippen LogP contribution in [0.4, 0.5) is 0 Å². The van der Waals surface area contributed by atoms with Crippen LogP contribution in [0.5, 0.6) is 0 Å². The molecule has 1 aromatic heterocycles. The van der Waals surface area contributed by atoms with Crippen LogP contribution in [-0.4, -0.2) is 17.4 Å². The highest BCUT2D eigenvalue weighted by atomic mass is 16.1. The molecule has 1 amide bonds. The molecule has 1 heterocycles. The lowest BCUT2D eigenvalue weighted by molar-refractivity contribution is 0.0996. The van der Waals surface area contributed by atoms with Crippen molar-refractivity contribution in [3.05, 3.63) is 48.2 Å². The van der Waals surface area contributed by atoms with Crippen molar-refractivity contribution >= 4 is 16.8 Å². The van der Waals surface area contributed by atoms with Gasteiger partial charge in [0.25, 0.3) is 5.91 Å². The van der Waals surface area contributed by atoms with Crippen LogP contribution in [0.25, 0.3) is 10.9 Å². The molecule has 0 bridgehead atoms. The zero-order chi connectivity index (χ0) is 12.3. The average molecular weight is 229 g/mol. The molecule has 0 aliphatic carbocycles. The Morgan fingerprint density at radius 3 is 3.00 bits per heavy atom. The van der Waals surface area contributed by atoms with E-state index in [9.17, 15) is 4.79 Å². The van der Waals surface area contributed by atoms with Crippen LogP contribution < -0.4 is 11.1 Å². The van der Waals surface area contributed by atoms with E-state index in [4.69, 9.17) is 5.73 Å². The summed E-state index contributed by atoms with van der Waals surface area (Å²) in [5.74, 6) is -0.437. The lowest BCUT2D eigenvalue weighted by atomic mass is 10.1. The largest absolute Gasteiger partial charge is 0.364 e. The second-order valence-corrected chi connectivity index (χ2v) is 3.89. The summed E-state index contributed by atoms with van der Waals surface area (Å²) in [7, 11) is 0. The number of carbonyl (C=O) groups excluding carboxylic acids is 1. The van der Waals surface area contributed by atoms with Crippen LogP contribution >= 0.6 is 0 Å². The second kappa shape index (κ2) is 4.84. The number of fused-ring (bicyclic) bond motifs is 1. The molecule has 1 aromatic carbocycles. The molecule has 4 N–H and O–H groups in total. The van der Waals surface area contributed by atoms with Crippen LogP contribution in [0, 0.1) is 0 Å². The van der Waals surface area contributed by atoms with Gasteiger partial charge in [-0.25, -0.2) is 0 Å². The lowest BCUT2D eigenvalue weighted by Crippen LogP contribution is -2.12. The number of nitrogens with two attached hydrogens (primary N) is 1. The number of primary amides is 1. The minimum Gasteiger partial charge on any atom is -0.364 e. The summed E-state index contributed by atoms with van der Waals surface area (Å²) in [5, 5.41) is 4.22. The van der Waals surface area contributed by atoms with E-state index in [1.807, 2.05) is 24.3 Å². The van der Waals surface area contributed by atoms with E-state index in [2.05, 4.69) is 16.9 Å². The van der Waals surface area contributed by atoms with Crippen molar-refractivity contribution in [2.45, 2.75) is 6.54 Å². The molecule has 17 heavy (non-hydrogen) atoms. The van der Waals surface area contributed by atoms with E-state index >= 15 is 0 Å². The molecular formula is C13H15N3O. The summed E-state index contributed by atoms with van der Waals surface area (Å²) in [6.07, 6.45) is 1.82. The number of nitrogens with one attached hydrogen (secondary N) is 2. The van der Waals surface area contributed by atoms with Crippen LogP contribution in [0.1, 0.15) is 16.1 Å². The van der Waals surface area contributed by atoms with Crippen molar-refractivity contribution in [1.29, 1.82) is 0 Å². The van der Waals surface area contributed by atoms with Crippen LogP contribution in [-0.2, 0) is 6.54 Å². The zero-order valence-electron chi connectivity index (χ0n) is 9.49. The maximum atomic E-state index is 11.0. The number of H-pyrrole nitrogens is 1. The molecule has 0 unspecified atom stereocenters. The van der Waals surface area contributed by atoms with E-state index in [0.717, 1.165) is 29.6 Å².